The Morgan fingerprint density at radius 2 is 2.00 bits per heavy atom. The lowest BCUT2D eigenvalue weighted by molar-refractivity contribution is -0.117. The fraction of sp³-hybridized carbons (Fsp3) is 0.400. The van der Waals surface area contributed by atoms with E-state index in [2.05, 4.69) is 5.32 Å². The highest BCUT2D eigenvalue weighted by Gasteiger charge is 2.03. The molecule has 0 saturated carbocycles. The molecule has 4 heteroatoms. The lowest BCUT2D eigenvalue weighted by Gasteiger charge is -2.06. The number of rotatable bonds is 7. The van der Waals surface area contributed by atoms with E-state index in [9.17, 15) is 4.79 Å². The molecule has 0 atom stereocenters. The van der Waals surface area contributed by atoms with Crippen molar-refractivity contribution in [1.82, 2.24) is 5.32 Å². The first-order valence-corrected chi connectivity index (χ1v) is 6.35. The molecular formula is C15H21NO3. The van der Waals surface area contributed by atoms with Gasteiger partial charge in [0.15, 0.2) is 0 Å². The van der Waals surface area contributed by atoms with Crippen molar-refractivity contribution in [2.24, 2.45) is 0 Å². The minimum atomic E-state index is -0.104. The number of hydrogen-bond acceptors (Lipinski definition) is 3. The maximum atomic E-state index is 11.8. The Kier molecular flexibility index (Phi) is 6.85. The number of carbonyl (C=O) groups excluding carboxylic acids is 1. The largest absolute Gasteiger partial charge is 0.394 e. The van der Waals surface area contributed by atoms with E-state index in [-0.39, 0.29) is 12.5 Å². The number of hydrogen-bond donors (Lipinski definition) is 2. The summed E-state index contributed by atoms with van der Waals surface area (Å²) in [5.41, 5.74) is 2.86. The van der Waals surface area contributed by atoms with Crippen molar-refractivity contribution in [3.8, 4) is 0 Å². The van der Waals surface area contributed by atoms with Gasteiger partial charge in [-0.1, -0.05) is 29.8 Å². The summed E-state index contributed by atoms with van der Waals surface area (Å²) in [5.74, 6) is -0.104. The van der Waals surface area contributed by atoms with Crippen molar-refractivity contribution in [2.75, 3.05) is 26.4 Å². The molecular weight excluding hydrogens is 242 g/mol. The molecule has 1 amide bonds. The van der Waals surface area contributed by atoms with Gasteiger partial charge in [-0.15, -0.1) is 0 Å². The Hall–Kier alpha value is -1.65. The van der Waals surface area contributed by atoms with Crippen LogP contribution in [0.25, 0.3) is 6.08 Å². The van der Waals surface area contributed by atoms with E-state index in [1.54, 1.807) is 6.92 Å². The molecule has 0 aromatic heterocycles. The van der Waals surface area contributed by atoms with Crippen LogP contribution in [0, 0.1) is 6.92 Å². The second kappa shape index (κ2) is 8.45. The second-order valence-corrected chi connectivity index (χ2v) is 4.33. The molecule has 2 N–H and O–H groups in total. The normalized spacial score (nSPS) is 11.4. The number of carbonyl (C=O) groups is 1. The van der Waals surface area contributed by atoms with Crippen LogP contribution in [-0.4, -0.2) is 37.4 Å². The molecule has 0 heterocycles. The van der Waals surface area contributed by atoms with Gasteiger partial charge >= 0.3 is 0 Å². The molecule has 0 fully saturated rings. The van der Waals surface area contributed by atoms with Crippen LogP contribution in [-0.2, 0) is 9.53 Å². The van der Waals surface area contributed by atoms with E-state index >= 15 is 0 Å². The molecule has 0 unspecified atom stereocenters. The van der Waals surface area contributed by atoms with Crippen LogP contribution in [0.15, 0.2) is 29.8 Å². The quantitative estimate of drug-likeness (QED) is 0.579. The van der Waals surface area contributed by atoms with E-state index in [0.29, 0.717) is 25.3 Å². The Labute approximate surface area is 114 Å². The van der Waals surface area contributed by atoms with E-state index in [0.717, 1.165) is 5.56 Å². The predicted molar refractivity (Wildman–Crippen MR) is 75.7 cm³/mol. The Morgan fingerprint density at radius 1 is 1.32 bits per heavy atom. The van der Waals surface area contributed by atoms with E-state index < -0.39 is 0 Å². The van der Waals surface area contributed by atoms with Gasteiger partial charge in [-0.25, -0.2) is 0 Å². The Morgan fingerprint density at radius 3 is 2.63 bits per heavy atom. The number of nitrogens with one attached hydrogen (secondary N) is 1. The third kappa shape index (κ3) is 6.18. The molecule has 0 aliphatic rings. The highest BCUT2D eigenvalue weighted by molar-refractivity contribution is 5.97. The number of benzene rings is 1. The molecule has 104 valence electrons. The van der Waals surface area contributed by atoms with Crippen LogP contribution in [0.4, 0.5) is 0 Å². The minimum Gasteiger partial charge on any atom is -0.394 e. The van der Waals surface area contributed by atoms with Crippen LogP contribution >= 0.6 is 0 Å². The molecule has 1 aromatic carbocycles. The summed E-state index contributed by atoms with van der Waals surface area (Å²) < 4.78 is 5.06. The minimum absolute atomic E-state index is 0.000299. The smallest absolute Gasteiger partial charge is 0.247 e. The van der Waals surface area contributed by atoms with Crippen molar-refractivity contribution in [3.05, 3.63) is 41.0 Å². The predicted octanol–water partition coefficient (Wildman–Crippen LogP) is 1.52. The number of aryl methyl sites for hydroxylation is 1. The van der Waals surface area contributed by atoms with E-state index in [1.807, 2.05) is 37.3 Å². The number of aliphatic hydroxyl groups excluding tert-OH is 1. The first-order valence-electron chi connectivity index (χ1n) is 6.35. The maximum absolute atomic E-state index is 11.8. The molecule has 0 spiro atoms. The van der Waals surface area contributed by atoms with Crippen molar-refractivity contribution in [3.63, 3.8) is 0 Å². The van der Waals surface area contributed by atoms with Gasteiger partial charge in [-0.05, 0) is 25.5 Å². The van der Waals surface area contributed by atoms with Gasteiger partial charge in [0, 0.05) is 12.1 Å². The highest BCUT2D eigenvalue weighted by Crippen LogP contribution is 2.08. The molecule has 1 rings (SSSR count). The number of ether oxygens (including phenoxy) is 1. The first kappa shape index (κ1) is 15.4. The summed E-state index contributed by atoms with van der Waals surface area (Å²) in [4.78, 5) is 11.8. The van der Waals surface area contributed by atoms with Crippen LogP contribution < -0.4 is 5.32 Å². The summed E-state index contributed by atoms with van der Waals surface area (Å²) in [5, 5.41) is 11.3. The molecule has 19 heavy (non-hydrogen) atoms. The number of aliphatic hydroxyl groups is 1. The molecule has 4 nitrogen and oxygen atoms in total. The van der Waals surface area contributed by atoms with Gasteiger partial charge in [0.25, 0.3) is 0 Å². The zero-order chi connectivity index (χ0) is 14.1. The van der Waals surface area contributed by atoms with Crippen molar-refractivity contribution < 1.29 is 14.6 Å². The topological polar surface area (TPSA) is 58.6 Å². The average molecular weight is 263 g/mol. The van der Waals surface area contributed by atoms with Crippen LogP contribution in [0.2, 0.25) is 0 Å². The molecule has 0 aliphatic carbocycles. The van der Waals surface area contributed by atoms with Gasteiger partial charge in [0.05, 0.1) is 19.8 Å². The highest BCUT2D eigenvalue weighted by atomic mass is 16.5. The summed E-state index contributed by atoms with van der Waals surface area (Å²) in [6, 6.07) is 7.99. The van der Waals surface area contributed by atoms with Crippen LogP contribution in [0.3, 0.4) is 0 Å². The summed E-state index contributed by atoms with van der Waals surface area (Å²) in [6.07, 6.45) is 1.85. The monoisotopic (exact) mass is 263 g/mol. The van der Waals surface area contributed by atoms with Crippen LogP contribution in [0.1, 0.15) is 18.1 Å². The fourth-order valence-corrected chi connectivity index (χ4v) is 1.52. The second-order valence-electron chi connectivity index (χ2n) is 4.33. The first-order chi connectivity index (χ1) is 9.13. The van der Waals surface area contributed by atoms with Gasteiger partial charge in [0.2, 0.25) is 5.91 Å². The van der Waals surface area contributed by atoms with Crippen molar-refractivity contribution >= 4 is 12.0 Å². The fourth-order valence-electron chi connectivity index (χ4n) is 1.52. The summed E-state index contributed by atoms with van der Waals surface area (Å²) in [6.45, 7) is 4.96. The lowest BCUT2D eigenvalue weighted by Crippen LogP contribution is -2.28. The lowest BCUT2D eigenvalue weighted by atomic mass is 10.1. The van der Waals surface area contributed by atoms with E-state index in [4.69, 9.17) is 9.84 Å². The molecule has 0 aliphatic heterocycles. The maximum Gasteiger partial charge on any atom is 0.247 e. The van der Waals surface area contributed by atoms with Crippen molar-refractivity contribution in [2.45, 2.75) is 13.8 Å². The van der Waals surface area contributed by atoms with Gasteiger partial charge in [0.1, 0.15) is 0 Å². The molecule has 0 radical (unpaired) electrons. The van der Waals surface area contributed by atoms with Crippen LogP contribution in [0.5, 0.6) is 0 Å². The summed E-state index contributed by atoms with van der Waals surface area (Å²) >= 11 is 0. The average Bonchev–Trinajstić information content (AvgIpc) is 2.41. The standard InChI is InChI=1S/C15H21NO3/c1-12-3-5-14(6-4-12)11-13(2)15(18)16-7-9-19-10-8-17/h3-6,11,17H,7-10H2,1-2H3,(H,16,18)/b13-11-. The molecule has 0 saturated heterocycles. The Bertz CT molecular complexity index is 424. The summed E-state index contributed by atoms with van der Waals surface area (Å²) in [7, 11) is 0. The number of amides is 1. The van der Waals surface area contributed by atoms with E-state index in [1.165, 1.54) is 5.56 Å². The SMILES string of the molecule is C/C(=C/c1ccc(C)cc1)C(=O)NCCOCCO. The van der Waals surface area contributed by atoms with Crippen molar-refractivity contribution in [1.29, 1.82) is 0 Å². The molecule has 0 bridgehead atoms. The molecule has 1 aromatic rings. The van der Waals surface area contributed by atoms with Gasteiger partial charge < -0.3 is 15.2 Å². The zero-order valence-corrected chi connectivity index (χ0v) is 11.5. The zero-order valence-electron chi connectivity index (χ0n) is 11.5. The third-order valence-corrected chi connectivity index (χ3v) is 2.59. The van der Waals surface area contributed by atoms with Gasteiger partial charge in [-0.3, -0.25) is 4.79 Å². The van der Waals surface area contributed by atoms with Gasteiger partial charge in [-0.2, -0.15) is 0 Å². The Balaban J connectivity index is 2.41. The third-order valence-electron chi connectivity index (χ3n) is 2.59.